The molecule has 0 atom stereocenters. The Bertz CT molecular complexity index is 1250. The van der Waals surface area contributed by atoms with Crippen LogP contribution in [0.25, 0.3) is 0 Å². The van der Waals surface area contributed by atoms with Crippen molar-refractivity contribution in [1.82, 2.24) is 0 Å². The van der Waals surface area contributed by atoms with Crippen LogP contribution in [0.1, 0.15) is 26.3 Å². The summed E-state index contributed by atoms with van der Waals surface area (Å²) in [6.45, 7) is 0.597. The third-order valence-electron chi connectivity index (χ3n) is 5.34. The lowest BCUT2D eigenvalue weighted by molar-refractivity contribution is 0.0987. The van der Waals surface area contributed by atoms with Gasteiger partial charge in [-0.2, -0.15) is 0 Å². The molecule has 0 unspecified atom stereocenters. The van der Waals surface area contributed by atoms with Gasteiger partial charge in [-0.15, -0.1) is 0 Å². The van der Waals surface area contributed by atoms with E-state index in [1.54, 1.807) is 35.2 Å². The van der Waals surface area contributed by atoms with Crippen molar-refractivity contribution in [3.8, 4) is 11.5 Å². The van der Waals surface area contributed by atoms with Crippen molar-refractivity contribution in [2.75, 3.05) is 16.8 Å². The Morgan fingerprint density at radius 1 is 0.875 bits per heavy atom. The maximum Gasteiger partial charge on any atom is 0.261 e. The number of para-hydroxylation sites is 1. The van der Waals surface area contributed by atoms with Gasteiger partial charge in [-0.25, -0.2) is 0 Å². The average Bonchev–Trinajstić information content (AvgIpc) is 3.50. The van der Waals surface area contributed by atoms with Crippen LogP contribution in [-0.4, -0.2) is 18.4 Å². The van der Waals surface area contributed by atoms with Gasteiger partial charge in [0.25, 0.3) is 11.8 Å². The summed E-state index contributed by atoms with van der Waals surface area (Å²) in [5.41, 5.74) is 3.62. The second-order valence-electron chi connectivity index (χ2n) is 7.46. The van der Waals surface area contributed by atoms with E-state index in [4.69, 9.17) is 9.15 Å². The molecular formula is C26H20N2O4. The number of carbonyl (C=O) groups excluding carboxylic acids is 2. The smallest absolute Gasteiger partial charge is 0.261 e. The minimum atomic E-state index is -0.208. The van der Waals surface area contributed by atoms with E-state index in [0.29, 0.717) is 29.1 Å². The van der Waals surface area contributed by atoms with Crippen LogP contribution in [0.4, 0.5) is 11.4 Å². The number of furan rings is 1. The van der Waals surface area contributed by atoms with Crippen molar-refractivity contribution in [2.24, 2.45) is 0 Å². The summed E-state index contributed by atoms with van der Waals surface area (Å²) in [7, 11) is 0. The molecule has 0 saturated carbocycles. The zero-order valence-corrected chi connectivity index (χ0v) is 17.2. The molecule has 2 heterocycles. The molecule has 1 aromatic heterocycles. The standard InChI is InChI=1S/C26H20N2O4/c29-25(18-6-9-23(10-7-18)32-22-4-2-1-3-5-22)27-21-8-11-24-19(16-21)12-14-28(24)26(30)20-13-15-31-17-20/h1-11,13,15-17H,12,14H2,(H,27,29). The summed E-state index contributed by atoms with van der Waals surface area (Å²) >= 11 is 0. The number of nitrogens with one attached hydrogen (secondary N) is 1. The van der Waals surface area contributed by atoms with Crippen molar-refractivity contribution in [1.29, 1.82) is 0 Å². The lowest BCUT2D eigenvalue weighted by Crippen LogP contribution is -2.28. The van der Waals surface area contributed by atoms with Crippen LogP contribution in [0, 0.1) is 0 Å². The Morgan fingerprint density at radius 2 is 1.66 bits per heavy atom. The number of nitrogens with zero attached hydrogens (tertiary/aromatic N) is 1. The quantitative estimate of drug-likeness (QED) is 0.457. The number of amides is 2. The Labute approximate surface area is 185 Å². The number of anilines is 2. The fourth-order valence-electron chi connectivity index (χ4n) is 3.73. The summed E-state index contributed by atoms with van der Waals surface area (Å²) in [5, 5.41) is 2.93. The van der Waals surface area contributed by atoms with E-state index >= 15 is 0 Å². The third kappa shape index (κ3) is 3.98. The average molecular weight is 424 g/mol. The number of hydrogen-bond donors (Lipinski definition) is 1. The first-order valence-electron chi connectivity index (χ1n) is 10.3. The fourth-order valence-corrected chi connectivity index (χ4v) is 3.73. The van der Waals surface area contributed by atoms with E-state index in [1.165, 1.54) is 12.5 Å². The molecule has 6 nitrogen and oxygen atoms in total. The zero-order chi connectivity index (χ0) is 21.9. The summed E-state index contributed by atoms with van der Waals surface area (Å²) in [5.74, 6) is 1.10. The van der Waals surface area contributed by atoms with Crippen LogP contribution in [0.2, 0.25) is 0 Å². The van der Waals surface area contributed by atoms with Crippen LogP contribution in [0.3, 0.4) is 0 Å². The van der Waals surface area contributed by atoms with E-state index in [0.717, 1.165) is 23.4 Å². The van der Waals surface area contributed by atoms with Crippen LogP contribution in [0.15, 0.2) is 95.8 Å². The van der Waals surface area contributed by atoms with Crippen molar-refractivity contribution in [3.63, 3.8) is 0 Å². The van der Waals surface area contributed by atoms with Crippen LogP contribution in [0.5, 0.6) is 11.5 Å². The molecule has 32 heavy (non-hydrogen) atoms. The minimum Gasteiger partial charge on any atom is -0.472 e. The molecule has 0 radical (unpaired) electrons. The molecular weight excluding hydrogens is 404 g/mol. The highest BCUT2D eigenvalue weighted by Crippen LogP contribution is 2.32. The number of rotatable bonds is 5. The molecule has 6 heteroatoms. The molecule has 3 aromatic carbocycles. The minimum absolute atomic E-state index is 0.0907. The molecule has 0 spiro atoms. The highest BCUT2D eigenvalue weighted by atomic mass is 16.5. The van der Waals surface area contributed by atoms with Gasteiger partial charge in [-0.3, -0.25) is 9.59 Å². The van der Waals surface area contributed by atoms with Gasteiger partial charge >= 0.3 is 0 Å². The Morgan fingerprint density at radius 3 is 2.41 bits per heavy atom. The Balaban J connectivity index is 1.26. The molecule has 4 aromatic rings. The SMILES string of the molecule is O=C(Nc1ccc2c(c1)CCN2C(=O)c1ccoc1)c1ccc(Oc2ccccc2)cc1. The number of carbonyl (C=O) groups is 2. The topological polar surface area (TPSA) is 71.8 Å². The number of fused-ring (bicyclic) bond motifs is 1. The maximum atomic E-state index is 12.7. The van der Waals surface area contributed by atoms with Gasteiger partial charge in [0.15, 0.2) is 0 Å². The zero-order valence-electron chi connectivity index (χ0n) is 17.2. The van der Waals surface area contributed by atoms with Gasteiger partial charge in [-0.1, -0.05) is 18.2 Å². The number of hydrogen-bond acceptors (Lipinski definition) is 4. The summed E-state index contributed by atoms with van der Waals surface area (Å²) < 4.78 is 10.8. The lowest BCUT2D eigenvalue weighted by atomic mass is 10.1. The van der Waals surface area contributed by atoms with E-state index in [-0.39, 0.29) is 11.8 Å². The highest BCUT2D eigenvalue weighted by Gasteiger charge is 2.26. The number of ether oxygens (including phenoxy) is 1. The molecule has 1 N–H and O–H groups in total. The first-order chi connectivity index (χ1) is 15.7. The van der Waals surface area contributed by atoms with Gasteiger partial charge in [0.05, 0.1) is 11.8 Å². The molecule has 1 aliphatic heterocycles. The molecule has 0 saturated heterocycles. The summed E-state index contributed by atoms with van der Waals surface area (Å²) in [6, 6.07) is 23.7. The predicted octanol–water partition coefficient (Wildman–Crippen LogP) is 5.53. The van der Waals surface area contributed by atoms with Crippen molar-refractivity contribution >= 4 is 23.2 Å². The van der Waals surface area contributed by atoms with Crippen LogP contribution >= 0.6 is 0 Å². The first kappa shape index (κ1) is 19.6. The summed E-state index contributed by atoms with van der Waals surface area (Å²) in [4.78, 5) is 27.1. The normalized spacial score (nSPS) is 12.3. The predicted molar refractivity (Wildman–Crippen MR) is 121 cm³/mol. The van der Waals surface area contributed by atoms with Gasteiger partial charge in [-0.05, 0) is 72.6 Å². The second kappa shape index (κ2) is 8.43. The van der Waals surface area contributed by atoms with E-state index < -0.39 is 0 Å². The highest BCUT2D eigenvalue weighted by molar-refractivity contribution is 6.08. The monoisotopic (exact) mass is 424 g/mol. The van der Waals surface area contributed by atoms with Gasteiger partial charge in [0.1, 0.15) is 17.8 Å². The molecule has 0 fully saturated rings. The molecule has 158 valence electrons. The van der Waals surface area contributed by atoms with Gasteiger partial charge in [0, 0.05) is 23.5 Å². The third-order valence-corrected chi connectivity index (χ3v) is 5.34. The van der Waals surface area contributed by atoms with Gasteiger partial charge < -0.3 is 19.4 Å². The fraction of sp³-hybridized carbons (Fsp3) is 0.0769. The molecule has 0 aliphatic carbocycles. The number of benzene rings is 3. The van der Waals surface area contributed by atoms with Crippen LogP contribution < -0.4 is 15.0 Å². The van der Waals surface area contributed by atoms with Crippen molar-refractivity contribution in [3.05, 3.63) is 108 Å². The lowest BCUT2D eigenvalue weighted by Gasteiger charge is -2.16. The Hall–Kier alpha value is -4.32. The van der Waals surface area contributed by atoms with Crippen LogP contribution in [-0.2, 0) is 6.42 Å². The van der Waals surface area contributed by atoms with E-state index in [9.17, 15) is 9.59 Å². The molecule has 2 amide bonds. The molecule has 1 aliphatic rings. The van der Waals surface area contributed by atoms with E-state index in [1.807, 2.05) is 48.5 Å². The Kier molecular flexibility index (Phi) is 5.17. The van der Waals surface area contributed by atoms with E-state index in [2.05, 4.69) is 5.32 Å². The van der Waals surface area contributed by atoms with Crippen molar-refractivity contribution in [2.45, 2.75) is 6.42 Å². The first-order valence-corrected chi connectivity index (χ1v) is 10.3. The molecule has 5 rings (SSSR count). The molecule has 0 bridgehead atoms. The van der Waals surface area contributed by atoms with Crippen molar-refractivity contribution < 1.29 is 18.7 Å². The largest absolute Gasteiger partial charge is 0.472 e. The summed E-state index contributed by atoms with van der Waals surface area (Å²) in [6.07, 6.45) is 3.67. The maximum absolute atomic E-state index is 12.7. The second-order valence-corrected chi connectivity index (χ2v) is 7.46. The van der Waals surface area contributed by atoms with Gasteiger partial charge in [0.2, 0.25) is 0 Å².